The van der Waals surface area contributed by atoms with Crippen LogP contribution in [0.5, 0.6) is 5.75 Å². The van der Waals surface area contributed by atoms with Crippen molar-refractivity contribution >= 4 is 5.97 Å². The van der Waals surface area contributed by atoms with Crippen molar-refractivity contribution in [1.82, 2.24) is 0 Å². The molecule has 25 heavy (non-hydrogen) atoms. The molecule has 2 aromatic carbocycles. The Morgan fingerprint density at radius 3 is 2.44 bits per heavy atom. The third kappa shape index (κ3) is 6.31. The van der Waals surface area contributed by atoms with Crippen molar-refractivity contribution in [1.29, 1.82) is 5.26 Å². The molecule has 1 atom stereocenters. The predicted molar refractivity (Wildman–Crippen MR) is 96.1 cm³/mol. The normalized spacial score (nSPS) is 11.4. The van der Waals surface area contributed by atoms with E-state index in [0.29, 0.717) is 13.0 Å². The van der Waals surface area contributed by atoms with E-state index in [1.54, 1.807) is 6.92 Å². The van der Waals surface area contributed by atoms with Gasteiger partial charge in [0.15, 0.2) is 0 Å². The van der Waals surface area contributed by atoms with Crippen LogP contribution in [0.2, 0.25) is 0 Å². The number of hydrogen-bond acceptors (Lipinski definition) is 4. The fourth-order valence-electron chi connectivity index (χ4n) is 2.49. The summed E-state index contributed by atoms with van der Waals surface area (Å²) in [4.78, 5) is 11.7. The lowest BCUT2D eigenvalue weighted by molar-refractivity contribution is -0.145. The van der Waals surface area contributed by atoms with E-state index in [1.165, 1.54) is 5.56 Å². The van der Waals surface area contributed by atoms with Crippen LogP contribution in [-0.2, 0) is 22.4 Å². The van der Waals surface area contributed by atoms with E-state index < -0.39 is 11.9 Å². The number of nitriles is 1. The first-order valence-corrected chi connectivity index (χ1v) is 8.55. The number of carbonyl (C=O) groups excluding carboxylic acids is 1. The minimum absolute atomic E-state index is 0.284. The fourth-order valence-corrected chi connectivity index (χ4v) is 2.49. The Kier molecular flexibility index (Phi) is 7.52. The molecule has 0 aliphatic heterocycles. The summed E-state index contributed by atoms with van der Waals surface area (Å²) in [5, 5.41) is 9.10. The van der Waals surface area contributed by atoms with Gasteiger partial charge in [-0.05, 0) is 49.4 Å². The van der Waals surface area contributed by atoms with Gasteiger partial charge in [-0.1, -0.05) is 42.5 Å². The van der Waals surface area contributed by atoms with Crippen LogP contribution in [0.4, 0.5) is 0 Å². The Balaban J connectivity index is 1.77. The smallest absolute Gasteiger partial charge is 0.323 e. The number of nitrogens with zero attached hydrogens (tertiary/aromatic N) is 1. The minimum atomic E-state index is -0.766. The van der Waals surface area contributed by atoms with Crippen molar-refractivity contribution in [2.24, 2.45) is 5.92 Å². The summed E-state index contributed by atoms with van der Waals surface area (Å²) in [6, 6.07) is 19.8. The van der Waals surface area contributed by atoms with Crippen LogP contribution < -0.4 is 4.74 Å². The molecule has 2 aromatic rings. The molecule has 0 fully saturated rings. The maximum atomic E-state index is 11.7. The third-order valence-corrected chi connectivity index (χ3v) is 3.81. The van der Waals surface area contributed by atoms with E-state index in [4.69, 9.17) is 14.7 Å². The third-order valence-electron chi connectivity index (χ3n) is 3.81. The summed E-state index contributed by atoms with van der Waals surface area (Å²) in [5.74, 6) is -0.440. The molecule has 0 spiro atoms. The Morgan fingerprint density at radius 1 is 1.08 bits per heavy atom. The summed E-state index contributed by atoms with van der Waals surface area (Å²) in [6.45, 7) is 2.67. The number of rotatable bonds is 9. The first-order valence-electron chi connectivity index (χ1n) is 8.55. The molecule has 130 valence electrons. The van der Waals surface area contributed by atoms with Gasteiger partial charge in [0, 0.05) is 0 Å². The zero-order valence-corrected chi connectivity index (χ0v) is 14.5. The Morgan fingerprint density at radius 2 is 1.80 bits per heavy atom. The van der Waals surface area contributed by atoms with Gasteiger partial charge in [0.2, 0.25) is 0 Å². The minimum Gasteiger partial charge on any atom is -0.494 e. The zero-order valence-electron chi connectivity index (χ0n) is 14.5. The highest BCUT2D eigenvalue weighted by molar-refractivity contribution is 5.75. The van der Waals surface area contributed by atoms with Crippen molar-refractivity contribution < 1.29 is 14.3 Å². The van der Waals surface area contributed by atoms with E-state index in [1.807, 2.05) is 48.5 Å². The maximum Gasteiger partial charge on any atom is 0.323 e. The second kappa shape index (κ2) is 10.1. The van der Waals surface area contributed by atoms with E-state index in [9.17, 15) is 4.79 Å². The van der Waals surface area contributed by atoms with Crippen molar-refractivity contribution in [3.05, 3.63) is 65.7 Å². The zero-order chi connectivity index (χ0) is 17.9. The first-order chi connectivity index (χ1) is 12.2. The lowest BCUT2D eigenvalue weighted by Gasteiger charge is -2.10. The number of carbonyl (C=O) groups is 1. The molecule has 0 radical (unpaired) electrons. The molecule has 2 rings (SSSR count). The second-order valence-corrected chi connectivity index (χ2v) is 5.72. The van der Waals surface area contributed by atoms with Gasteiger partial charge in [0.1, 0.15) is 11.7 Å². The van der Waals surface area contributed by atoms with Crippen LogP contribution in [0.25, 0.3) is 0 Å². The summed E-state index contributed by atoms with van der Waals surface area (Å²) < 4.78 is 10.7. The Hall–Kier alpha value is -2.80. The summed E-state index contributed by atoms with van der Waals surface area (Å²) in [7, 11) is 0. The average Bonchev–Trinajstić information content (AvgIpc) is 2.65. The quantitative estimate of drug-likeness (QED) is 0.513. The molecule has 4 heteroatoms. The van der Waals surface area contributed by atoms with Gasteiger partial charge in [0.05, 0.1) is 19.3 Å². The number of esters is 1. The van der Waals surface area contributed by atoms with Gasteiger partial charge in [-0.3, -0.25) is 4.79 Å². The summed E-state index contributed by atoms with van der Waals surface area (Å²) in [6.07, 6.45) is 2.29. The monoisotopic (exact) mass is 337 g/mol. The lowest BCUT2D eigenvalue weighted by atomic mass is 10.0. The van der Waals surface area contributed by atoms with Gasteiger partial charge < -0.3 is 9.47 Å². The van der Waals surface area contributed by atoms with Crippen molar-refractivity contribution in [3.8, 4) is 11.8 Å². The highest BCUT2D eigenvalue weighted by atomic mass is 16.5. The van der Waals surface area contributed by atoms with Gasteiger partial charge >= 0.3 is 5.97 Å². The molecule has 0 aliphatic carbocycles. The Labute approximate surface area is 149 Å². The lowest BCUT2D eigenvalue weighted by Crippen LogP contribution is -2.18. The molecule has 0 bridgehead atoms. The highest BCUT2D eigenvalue weighted by Gasteiger charge is 2.19. The number of benzene rings is 2. The average molecular weight is 337 g/mol. The van der Waals surface area contributed by atoms with Crippen molar-refractivity contribution in [3.63, 3.8) is 0 Å². The van der Waals surface area contributed by atoms with E-state index in [-0.39, 0.29) is 6.61 Å². The maximum absolute atomic E-state index is 11.7. The molecule has 0 amide bonds. The molecule has 0 N–H and O–H groups in total. The molecular formula is C21H23NO3. The van der Waals surface area contributed by atoms with Crippen LogP contribution in [-0.4, -0.2) is 19.2 Å². The number of aryl methyl sites for hydroxylation is 1. The molecular weight excluding hydrogens is 314 g/mol. The first kappa shape index (κ1) is 18.5. The fraction of sp³-hybridized carbons (Fsp3) is 0.333. The molecule has 0 saturated heterocycles. The van der Waals surface area contributed by atoms with Crippen LogP contribution >= 0.6 is 0 Å². The summed E-state index contributed by atoms with van der Waals surface area (Å²) in [5.41, 5.74) is 2.22. The van der Waals surface area contributed by atoms with Gasteiger partial charge in [-0.2, -0.15) is 5.26 Å². The van der Waals surface area contributed by atoms with Crippen LogP contribution in [0.1, 0.15) is 24.5 Å². The topological polar surface area (TPSA) is 59.3 Å². The van der Waals surface area contributed by atoms with E-state index >= 15 is 0 Å². The van der Waals surface area contributed by atoms with Crippen LogP contribution in [0.15, 0.2) is 54.6 Å². The number of ether oxygens (including phenoxy) is 2. The molecule has 0 heterocycles. The van der Waals surface area contributed by atoms with E-state index in [2.05, 4.69) is 12.1 Å². The molecule has 0 aromatic heterocycles. The van der Waals surface area contributed by atoms with Crippen molar-refractivity contribution in [2.75, 3.05) is 13.2 Å². The molecule has 4 nitrogen and oxygen atoms in total. The number of hydrogen-bond donors (Lipinski definition) is 0. The standard InChI is InChI=1S/C21H23NO3/c1-2-24-21(23)19(16-22)15-18-10-12-20(13-11-18)25-14-6-9-17-7-4-3-5-8-17/h3-5,7-8,10-13,19H,2,6,9,14-15H2,1H3. The van der Waals surface area contributed by atoms with Gasteiger partial charge in [-0.25, -0.2) is 0 Å². The van der Waals surface area contributed by atoms with Gasteiger partial charge in [-0.15, -0.1) is 0 Å². The SMILES string of the molecule is CCOC(=O)C(C#N)Cc1ccc(OCCCc2ccccc2)cc1. The second-order valence-electron chi connectivity index (χ2n) is 5.72. The molecule has 1 unspecified atom stereocenters. The summed E-state index contributed by atoms with van der Waals surface area (Å²) >= 11 is 0. The molecule has 0 saturated carbocycles. The molecule has 0 aliphatic rings. The van der Waals surface area contributed by atoms with Crippen LogP contribution in [0.3, 0.4) is 0 Å². The van der Waals surface area contributed by atoms with Crippen molar-refractivity contribution in [2.45, 2.75) is 26.2 Å². The van der Waals surface area contributed by atoms with Gasteiger partial charge in [0.25, 0.3) is 0 Å². The predicted octanol–water partition coefficient (Wildman–Crippen LogP) is 3.94. The van der Waals surface area contributed by atoms with E-state index in [0.717, 1.165) is 24.2 Å². The Bertz CT molecular complexity index is 689. The highest BCUT2D eigenvalue weighted by Crippen LogP contribution is 2.16. The van der Waals surface area contributed by atoms with Crippen LogP contribution in [0, 0.1) is 17.2 Å². The largest absolute Gasteiger partial charge is 0.494 e.